The lowest BCUT2D eigenvalue weighted by Gasteiger charge is -2.36. The van der Waals surface area contributed by atoms with Crippen LogP contribution in [0.4, 0.5) is 0 Å². The number of hydrogen-bond acceptors (Lipinski definition) is 4. The highest BCUT2D eigenvalue weighted by Crippen LogP contribution is 2.26. The fourth-order valence-electron chi connectivity index (χ4n) is 4.22. The number of methoxy groups -OCH3 is 1. The zero-order valence-electron chi connectivity index (χ0n) is 17.6. The molecule has 6 heteroatoms. The number of aromatic nitrogens is 3. The molecule has 3 aromatic rings. The zero-order valence-corrected chi connectivity index (χ0v) is 17.6. The van der Waals surface area contributed by atoms with Gasteiger partial charge in [0.2, 0.25) is 0 Å². The molecule has 156 valence electrons. The summed E-state index contributed by atoms with van der Waals surface area (Å²) in [7, 11) is 1.69. The van der Waals surface area contributed by atoms with E-state index in [2.05, 4.69) is 27.2 Å². The van der Waals surface area contributed by atoms with Gasteiger partial charge in [0.15, 0.2) is 0 Å². The van der Waals surface area contributed by atoms with Crippen molar-refractivity contribution >= 4 is 5.91 Å². The fraction of sp³-hybridized carbons (Fsp3) is 0.375. The third kappa shape index (κ3) is 4.37. The highest BCUT2D eigenvalue weighted by molar-refractivity contribution is 5.98. The number of hydrogen-bond donors (Lipinski definition) is 0. The predicted molar refractivity (Wildman–Crippen MR) is 116 cm³/mol. The standard InChI is InChI=1S/C24H28N4O2/c1-18-9-12-23(28-25-13-14-26-28)22(16-18)24(29)27-15-4-3-7-20(27)11-10-19-6-5-8-21(17-19)30-2/h5-6,8-9,12-14,16-17,20H,3-4,7,10-11,15H2,1-2H3. The predicted octanol–water partition coefficient (Wildman–Crippen LogP) is 4.21. The minimum Gasteiger partial charge on any atom is -0.497 e. The van der Waals surface area contributed by atoms with E-state index in [1.807, 2.05) is 37.3 Å². The second kappa shape index (κ2) is 9.11. The average molecular weight is 405 g/mol. The number of carbonyl (C=O) groups is 1. The van der Waals surface area contributed by atoms with Crippen LogP contribution in [-0.4, -0.2) is 45.5 Å². The van der Waals surface area contributed by atoms with Gasteiger partial charge in [0.1, 0.15) is 5.75 Å². The van der Waals surface area contributed by atoms with Crippen molar-refractivity contribution in [3.05, 3.63) is 71.5 Å². The maximum atomic E-state index is 13.6. The number of ether oxygens (including phenoxy) is 1. The van der Waals surface area contributed by atoms with Crippen molar-refractivity contribution < 1.29 is 9.53 Å². The van der Waals surface area contributed by atoms with E-state index >= 15 is 0 Å². The highest BCUT2D eigenvalue weighted by atomic mass is 16.5. The molecule has 0 N–H and O–H groups in total. The number of likely N-dealkylation sites (tertiary alicyclic amines) is 1. The Morgan fingerprint density at radius 2 is 1.97 bits per heavy atom. The van der Waals surface area contributed by atoms with Crippen molar-refractivity contribution in [2.45, 2.75) is 45.1 Å². The molecular weight excluding hydrogens is 376 g/mol. The van der Waals surface area contributed by atoms with E-state index < -0.39 is 0 Å². The van der Waals surface area contributed by atoms with Crippen LogP contribution in [0.3, 0.4) is 0 Å². The SMILES string of the molecule is COc1cccc(CCC2CCCCN2C(=O)c2cc(C)ccc2-n2nccn2)c1. The van der Waals surface area contributed by atoms with Gasteiger partial charge in [-0.15, -0.1) is 0 Å². The number of piperidine rings is 1. The first-order chi connectivity index (χ1) is 14.7. The summed E-state index contributed by atoms with van der Waals surface area (Å²) in [5, 5.41) is 8.48. The summed E-state index contributed by atoms with van der Waals surface area (Å²) in [4.78, 5) is 17.2. The minimum absolute atomic E-state index is 0.0707. The van der Waals surface area contributed by atoms with Gasteiger partial charge in [-0.1, -0.05) is 23.8 Å². The number of rotatable bonds is 6. The maximum absolute atomic E-state index is 13.6. The van der Waals surface area contributed by atoms with Crippen molar-refractivity contribution in [3.8, 4) is 11.4 Å². The van der Waals surface area contributed by atoms with Gasteiger partial charge in [-0.2, -0.15) is 15.0 Å². The van der Waals surface area contributed by atoms with Crippen molar-refractivity contribution in [2.24, 2.45) is 0 Å². The van der Waals surface area contributed by atoms with E-state index in [0.29, 0.717) is 5.56 Å². The van der Waals surface area contributed by atoms with Crippen LogP contribution >= 0.6 is 0 Å². The van der Waals surface area contributed by atoms with Gasteiger partial charge < -0.3 is 9.64 Å². The van der Waals surface area contributed by atoms with Gasteiger partial charge in [0.05, 0.1) is 30.8 Å². The summed E-state index contributed by atoms with van der Waals surface area (Å²) in [6.45, 7) is 2.80. The molecule has 0 spiro atoms. The third-order valence-corrected chi connectivity index (χ3v) is 5.81. The molecule has 0 radical (unpaired) electrons. The summed E-state index contributed by atoms with van der Waals surface area (Å²) in [5.74, 6) is 0.946. The second-order valence-electron chi connectivity index (χ2n) is 7.88. The molecule has 0 aliphatic carbocycles. The molecule has 1 fully saturated rings. The summed E-state index contributed by atoms with van der Waals surface area (Å²) in [6, 6.07) is 14.3. The first-order valence-electron chi connectivity index (χ1n) is 10.6. The summed E-state index contributed by atoms with van der Waals surface area (Å²) >= 11 is 0. The molecule has 1 unspecified atom stereocenters. The van der Waals surface area contributed by atoms with E-state index in [1.54, 1.807) is 19.5 Å². The molecule has 1 aliphatic heterocycles. The quantitative estimate of drug-likeness (QED) is 0.617. The lowest BCUT2D eigenvalue weighted by atomic mass is 9.94. The van der Waals surface area contributed by atoms with E-state index in [4.69, 9.17) is 4.74 Å². The van der Waals surface area contributed by atoms with Crippen LogP contribution < -0.4 is 4.74 Å². The van der Waals surface area contributed by atoms with E-state index in [9.17, 15) is 4.79 Å². The van der Waals surface area contributed by atoms with Crippen LogP contribution in [0, 0.1) is 6.92 Å². The lowest BCUT2D eigenvalue weighted by molar-refractivity contribution is 0.0601. The monoisotopic (exact) mass is 404 g/mol. The summed E-state index contributed by atoms with van der Waals surface area (Å²) in [6.07, 6.45) is 8.37. The van der Waals surface area contributed by atoms with Crippen LogP contribution in [-0.2, 0) is 6.42 Å². The van der Waals surface area contributed by atoms with Crippen molar-refractivity contribution in [3.63, 3.8) is 0 Å². The normalized spacial score (nSPS) is 16.5. The van der Waals surface area contributed by atoms with Gasteiger partial charge in [0, 0.05) is 12.6 Å². The molecule has 1 aromatic heterocycles. The zero-order chi connectivity index (χ0) is 20.9. The Labute approximate surface area is 177 Å². The Morgan fingerprint density at radius 3 is 2.77 bits per heavy atom. The Balaban J connectivity index is 1.55. The largest absolute Gasteiger partial charge is 0.497 e. The van der Waals surface area contributed by atoms with Crippen LogP contribution in [0.25, 0.3) is 5.69 Å². The molecule has 0 bridgehead atoms. The number of amides is 1. The smallest absolute Gasteiger partial charge is 0.256 e. The Kier molecular flexibility index (Phi) is 6.12. The van der Waals surface area contributed by atoms with E-state index in [0.717, 1.165) is 55.6 Å². The van der Waals surface area contributed by atoms with Gasteiger partial charge in [-0.25, -0.2) is 0 Å². The first-order valence-corrected chi connectivity index (χ1v) is 10.6. The average Bonchev–Trinajstić information content (AvgIpc) is 3.32. The molecule has 4 rings (SSSR count). The van der Waals surface area contributed by atoms with Gasteiger partial charge in [0.25, 0.3) is 5.91 Å². The van der Waals surface area contributed by atoms with Crippen molar-refractivity contribution in [1.82, 2.24) is 19.9 Å². The third-order valence-electron chi connectivity index (χ3n) is 5.81. The number of aryl methyl sites for hydroxylation is 2. The summed E-state index contributed by atoms with van der Waals surface area (Å²) < 4.78 is 5.34. The van der Waals surface area contributed by atoms with Crippen molar-refractivity contribution in [1.29, 1.82) is 0 Å². The maximum Gasteiger partial charge on any atom is 0.256 e. The molecule has 2 aromatic carbocycles. The topological polar surface area (TPSA) is 60.2 Å². The van der Waals surface area contributed by atoms with Gasteiger partial charge in [-0.05, 0) is 68.9 Å². The number of nitrogens with zero attached hydrogens (tertiary/aromatic N) is 4. The van der Waals surface area contributed by atoms with Gasteiger partial charge >= 0.3 is 0 Å². The first kappa shape index (κ1) is 20.1. The lowest BCUT2D eigenvalue weighted by Crippen LogP contribution is -2.44. The Bertz CT molecular complexity index is 1000. The van der Waals surface area contributed by atoms with Gasteiger partial charge in [-0.3, -0.25) is 4.79 Å². The molecule has 6 nitrogen and oxygen atoms in total. The molecule has 2 heterocycles. The van der Waals surface area contributed by atoms with E-state index in [-0.39, 0.29) is 11.9 Å². The molecule has 30 heavy (non-hydrogen) atoms. The highest BCUT2D eigenvalue weighted by Gasteiger charge is 2.29. The molecular formula is C24H28N4O2. The van der Waals surface area contributed by atoms with Crippen molar-refractivity contribution in [2.75, 3.05) is 13.7 Å². The molecule has 1 atom stereocenters. The molecule has 1 amide bonds. The van der Waals surface area contributed by atoms with Crippen LogP contribution in [0.1, 0.15) is 47.2 Å². The molecule has 1 aliphatic rings. The molecule has 0 saturated carbocycles. The second-order valence-corrected chi connectivity index (χ2v) is 7.88. The Morgan fingerprint density at radius 1 is 1.13 bits per heavy atom. The number of benzene rings is 2. The number of carbonyl (C=O) groups excluding carboxylic acids is 1. The van der Waals surface area contributed by atoms with Crippen LogP contribution in [0.5, 0.6) is 5.75 Å². The summed E-state index contributed by atoms with van der Waals surface area (Å²) in [5.41, 5.74) is 3.69. The fourth-order valence-corrected chi connectivity index (χ4v) is 4.22. The molecule has 1 saturated heterocycles. The van der Waals surface area contributed by atoms with Crippen LogP contribution in [0.2, 0.25) is 0 Å². The Hall–Kier alpha value is -3.15. The van der Waals surface area contributed by atoms with Crippen LogP contribution in [0.15, 0.2) is 54.9 Å². The minimum atomic E-state index is 0.0707. The van der Waals surface area contributed by atoms with E-state index in [1.165, 1.54) is 10.4 Å².